The molecule has 1 saturated heterocycles. The molecule has 0 aromatic rings. The van der Waals surface area contributed by atoms with Crippen molar-refractivity contribution in [1.82, 2.24) is 10.2 Å². The van der Waals surface area contributed by atoms with Crippen LogP contribution in [0.2, 0.25) is 0 Å². The van der Waals surface area contributed by atoms with Crippen LogP contribution in [0.15, 0.2) is 0 Å². The molecule has 0 aromatic heterocycles. The molecule has 20 heavy (non-hydrogen) atoms. The van der Waals surface area contributed by atoms with Gasteiger partial charge in [0, 0.05) is 19.1 Å². The summed E-state index contributed by atoms with van der Waals surface area (Å²) in [6.07, 6.45) is 4.59. The monoisotopic (exact) mass is 283 g/mol. The Hall–Kier alpha value is -0.610. The van der Waals surface area contributed by atoms with Crippen molar-refractivity contribution in [2.75, 3.05) is 19.6 Å². The van der Waals surface area contributed by atoms with E-state index in [9.17, 15) is 4.79 Å². The first-order chi connectivity index (χ1) is 9.49. The van der Waals surface area contributed by atoms with Crippen LogP contribution in [0.5, 0.6) is 0 Å². The molecule has 4 nitrogen and oxygen atoms in total. The minimum atomic E-state index is -0.0616. The summed E-state index contributed by atoms with van der Waals surface area (Å²) < 4.78 is 0. The number of carbonyl (C=O) groups excluding carboxylic acids is 1. The average molecular weight is 283 g/mol. The number of hydrogen-bond acceptors (Lipinski definition) is 3. The maximum atomic E-state index is 12.2. The maximum Gasteiger partial charge on any atom is 0.237 e. The fourth-order valence-corrected chi connectivity index (χ4v) is 3.05. The normalized spacial score (nSPS) is 25.7. The lowest BCUT2D eigenvalue weighted by molar-refractivity contribution is -0.127. The quantitative estimate of drug-likeness (QED) is 0.751. The second-order valence-corrected chi connectivity index (χ2v) is 6.58. The highest BCUT2D eigenvalue weighted by Crippen LogP contribution is 2.26. The number of rotatable bonds is 7. The van der Waals surface area contributed by atoms with Gasteiger partial charge >= 0.3 is 0 Å². The first-order valence-electron chi connectivity index (χ1n) is 8.23. The molecule has 0 radical (unpaired) electrons. The molecule has 0 aliphatic carbocycles. The molecule has 0 saturated carbocycles. The molecule has 1 aliphatic rings. The molecule has 0 bridgehead atoms. The summed E-state index contributed by atoms with van der Waals surface area (Å²) in [6.45, 7) is 11.0. The lowest BCUT2D eigenvalue weighted by Gasteiger charge is -2.41. The van der Waals surface area contributed by atoms with Crippen LogP contribution in [0.1, 0.15) is 53.4 Å². The van der Waals surface area contributed by atoms with E-state index in [4.69, 9.17) is 5.73 Å². The molecule has 1 fully saturated rings. The Morgan fingerprint density at radius 1 is 1.40 bits per heavy atom. The fraction of sp³-hybridized carbons (Fsp3) is 0.938. The molecular formula is C16H33N3O. The van der Waals surface area contributed by atoms with Crippen LogP contribution in [0.25, 0.3) is 0 Å². The van der Waals surface area contributed by atoms with Crippen molar-refractivity contribution in [1.29, 1.82) is 0 Å². The van der Waals surface area contributed by atoms with E-state index < -0.39 is 0 Å². The second-order valence-electron chi connectivity index (χ2n) is 6.58. The van der Waals surface area contributed by atoms with E-state index in [1.54, 1.807) is 0 Å². The third-order valence-electron chi connectivity index (χ3n) is 4.62. The molecule has 1 rings (SSSR count). The molecule has 1 aliphatic heterocycles. The van der Waals surface area contributed by atoms with Gasteiger partial charge in [-0.2, -0.15) is 0 Å². The van der Waals surface area contributed by atoms with Gasteiger partial charge in [-0.1, -0.05) is 27.2 Å². The Kier molecular flexibility index (Phi) is 7.52. The van der Waals surface area contributed by atoms with E-state index >= 15 is 0 Å². The topological polar surface area (TPSA) is 58.4 Å². The third kappa shape index (κ3) is 5.06. The highest BCUT2D eigenvalue weighted by atomic mass is 16.2. The van der Waals surface area contributed by atoms with Crippen LogP contribution in [0.3, 0.4) is 0 Å². The second kappa shape index (κ2) is 8.63. The summed E-state index contributed by atoms with van der Waals surface area (Å²) in [5.41, 5.74) is 5.91. The number of hydrogen-bond donors (Lipinski definition) is 2. The molecule has 1 heterocycles. The van der Waals surface area contributed by atoms with Crippen LogP contribution in [0, 0.1) is 11.8 Å². The van der Waals surface area contributed by atoms with E-state index in [0.29, 0.717) is 18.5 Å². The fourth-order valence-electron chi connectivity index (χ4n) is 3.05. The SMILES string of the molecule is CCC1CCN(C(C)C(=O)NCCC(C)C)C(CN)C1. The number of nitrogens with one attached hydrogen (secondary N) is 1. The first-order valence-corrected chi connectivity index (χ1v) is 8.23. The molecule has 118 valence electrons. The van der Waals surface area contributed by atoms with Crippen molar-refractivity contribution < 1.29 is 4.79 Å². The van der Waals surface area contributed by atoms with E-state index in [2.05, 4.69) is 31.0 Å². The predicted octanol–water partition coefficient (Wildman–Crippen LogP) is 1.99. The van der Waals surface area contributed by atoms with Crippen molar-refractivity contribution >= 4 is 5.91 Å². The lowest BCUT2D eigenvalue weighted by atomic mass is 9.88. The van der Waals surface area contributed by atoms with Gasteiger partial charge < -0.3 is 11.1 Å². The summed E-state index contributed by atoms with van der Waals surface area (Å²) in [4.78, 5) is 14.5. The zero-order valence-corrected chi connectivity index (χ0v) is 13.7. The van der Waals surface area contributed by atoms with E-state index in [1.807, 2.05) is 6.92 Å². The Morgan fingerprint density at radius 3 is 2.65 bits per heavy atom. The molecule has 3 N–H and O–H groups in total. The van der Waals surface area contributed by atoms with Gasteiger partial charge in [0.2, 0.25) is 5.91 Å². The Balaban J connectivity index is 2.48. The Morgan fingerprint density at radius 2 is 2.10 bits per heavy atom. The zero-order valence-electron chi connectivity index (χ0n) is 13.7. The largest absolute Gasteiger partial charge is 0.355 e. The van der Waals surface area contributed by atoms with Crippen LogP contribution in [0.4, 0.5) is 0 Å². The van der Waals surface area contributed by atoms with Gasteiger partial charge in [-0.3, -0.25) is 9.69 Å². The number of nitrogens with two attached hydrogens (primary N) is 1. The number of amides is 1. The number of piperidine rings is 1. The van der Waals surface area contributed by atoms with Gasteiger partial charge in [0.15, 0.2) is 0 Å². The minimum Gasteiger partial charge on any atom is -0.355 e. The van der Waals surface area contributed by atoms with Crippen LogP contribution in [-0.4, -0.2) is 42.5 Å². The highest BCUT2D eigenvalue weighted by Gasteiger charge is 2.32. The summed E-state index contributed by atoms with van der Waals surface area (Å²) >= 11 is 0. The van der Waals surface area contributed by atoms with Crippen molar-refractivity contribution in [3.8, 4) is 0 Å². The van der Waals surface area contributed by atoms with Crippen molar-refractivity contribution in [2.45, 2.75) is 65.5 Å². The summed E-state index contributed by atoms with van der Waals surface area (Å²) in [5, 5.41) is 3.06. The summed E-state index contributed by atoms with van der Waals surface area (Å²) in [7, 11) is 0. The molecule has 4 heteroatoms. The van der Waals surface area contributed by atoms with Gasteiger partial charge in [0.05, 0.1) is 6.04 Å². The number of carbonyl (C=O) groups is 1. The van der Waals surface area contributed by atoms with Crippen LogP contribution >= 0.6 is 0 Å². The van der Waals surface area contributed by atoms with E-state index in [1.165, 1.54) is 12.8 Å². The van der Waals surface area contributed by atoms with E-state index in [0.717, 1.165) is 31.8 Å². The van der Waals surface area contributed by atoms with E-state index in [-0.39, 0.29) is 11.9 Å². The van der Waals surface area contributed by atoms with Crippen LogP contribution in [-0.2, 0) is 4.79 Å². The predicted molar refractivity (Wildman–Crippen MR) is 84.5 cm³/mol. The van der Waals surface area contributed by atoms with Crippen molar-refractivity contribution in [3.63, 3.8) is 0 Å². The van der Waals surface area contributed by atoms with Gasteiger partial charge in [-0.05, 0) is 44.6 Å². The zero-order chi connectivity index (χ0) is 15.1. The van der Waals surface area contributed by atoms with Crippen molar-refractivity contribution in [3.05, 3.63) is 0 Å². The highest BCUT2D eigenvalue weighted by molar-refractivity contribution is 5.81. The molecular weight excluding hydrogens is 250 g/mol. The van der Waals surface area contributed by atoms with Gasteiger partial charge in [-0.25, -0.2) is 0 Å². The number of nitrogens with zero attached hydrogens (tertiary/aromatic N) is 1. The summed E-state index contributed by atoms with van der Waals surface area (Å²) in [5.74, 6) is 1.55. The van der Waals surface area contributed by atoms with Crippen molar-refractivity contribution in [2.24, 2.45) is 17.6 Å². The van der Waals surface area contributed by atoms with Gasteiger partial charge in [0.25, 0.3) is 0 Å². The number of likely N-dealkylation sites (tertiary alicyclic amines) is 1. The molecule has 1 amide bonds. The molecule has 3 atom stereocenters. The van der Waals surface area contributed by atoms with Crippen LogP contribution < -0.4 is 11.1 Å². The lowest BCUT2D eigenvalue weighted by Crippen LogP contribution is -2.55. The smallest absolute Gasteiger partial charge is 0.237 e. The maximum absolute atomic E-state index is 12.2. The Labute approximate surface area is 124 Å². The summed E-state index contributed by atoms with van der Waals surface area (Å²) in [6, 6.07) is 0.299. The Bertz CT molecular complexity index is 293. The standard InChI is InChI=1S/C16H33N3O/c1-5-14-7-9-19(15(10-14)11-17)13(4)16(20)18-8-6-12(2)3/h12-15H,5-11,17H2,1-4H3,(H,18,20). The molecule has 3 unspecified atom stereocenters. The molecule has 0 spiro atoms. The van der Waals surface area contributed by atoms with Gasteiger partial charge in [0.1, 0.15) is 0 Å². The minimum absolute atomic E-state index is 0.0616. The first kappa shape index (κ1) is 17.4. The van der Waals surface area contributed by atoms with Gasteiger partial charge in [-0.15, -0.1) is 0 Å². The molecule has 0 aromatic carbocycles. The average Bonchev–Trinajstić information content (AvgIpc) is 2.45. The third-order valence-corrected chi connectivity index (χ3v) is 4.62.